The normalized spacial score (nSPS) is 13.5. The summed E-state index contributed by atoms with van der Waals surface area (Å²) in [5, 5.41) is 9.82. The minimum absolute atomic E-state index is 0.548. The van der Waals surface area contributed by atoms with Gasteiger partial charge in [0.25, 0.3) is 0 Å². The van der Waals surface area contributed by atoms with Gasteiger partial charge in [0.2, 0.25) is 0 Å². The number of nitrogens with zero attached hydrogens (tertiary/aromatic N) is 3. The van der Waals surface area contributed by atoms with Gasteiger partial charge in [-0.3, -0.25) is 4.57 Å². The fraction of sp³-hybridized carbons (Fsp3) is 0.333. The van der Waals surface area contributed by atoms with Crippen molar-refractivity contribution in [1.82, 2.24) is 14.8 Å². The average molecular weight is 382 g/mol. The standard InChI is InChI=1S/C21H23N3O2S/c1-2-25-18-10-12-19(13-11-18)26-14-15-27-21-23-22-20(16-8-9-16)24(21)17-6-4-3-5-7-17/h3-7,10-13,16H,2,8-9,14-15H2,1H3. The van der Waals surface area contributed by atoms with Gasteiger partial charge in [0.05, 0.1) is 13.2 Å². The highest BCUT2D eigenvalue weighted by Crippen LogP contribution is 2.41. The highest BCUT2D eigenvalue weighted by molar-refractivity contribution is 7.99. The number of hydrogen-bond acceptors (Lipinski definition) is 5. The SMILES string of the molecule is CCOc1ccc(OCCSc2nnc(C3CC3)n2-c2ccccc2)cc1. The smallest absolute Gasteiger partial charge is 0.195 e. The third-order valence-electron chi connectivity index (χ3n) is 4.33. The largest absolute Gasteiger partial charge is 0.494 e. The van der Waals surface area contributed by atoms with Gasteiger partial charge < -0.3 is 9.47 Å². The van der Waals surface area contributed by atoms with Crippen molar-refractivity contribution in [3.05, 3.63) is 60.4 Å². The quantitative estimate of drug-likeness (QED) is 0.397. The molecular formula is C21H23N3O2S. The molecule has 4 rings (SSSR count). The number of hydrogen-bond donors (Lipinski definition) is 0. The molecule has 1 aliphatic rings. The molecule has 0 aliphatic heterocycles. The minimum atomic E-state index is 0.548. The summed E-state index contributed by atoms with van der Waals surface area (Å²) >= 11 is 1.68. The third kappa shape index (κ3) is 4.45. The van der Waals surface area contributed by atoms with E-state index in [1.54, 1.807) is 11.8 Å². The molecule has 1 fully saturated rings. The van der Waals surface area contributed by atoms with Crippen LogP contribution in [0.1, 0.15) is 31.5 Å². The van der Waals surface area contributed by atoms with E-state index in [1.807, 2.05) is 37.3 Å². The van der Waals surface area contributed by atoms with E-state index < -0.39 is 0 Å². The van der Waals surface area contributed by atoms with Crippen molar-refractivity contribution in [2.75, 3.05) is 19.0 Å². The zero-order chi connectivity index (χ0) is 18.5. The highest BCUT2D eigenvalue weighted by atomic mass is 32.2. The number of benzene rings is 2. The Labute approximate surface area is 163 Å². The van der Waals surface area contributed by atoms with Gasteiger partial charge in [0.1, 0.15) is 17.3 Å². The van der Waals surface area contributed by atoms with Gasteiger partial charge in [-0.2, -0.15) is 0 Å². The molecule has 3 aromatic rings. The second kappa shape index (κ2) is 8.48. The monoisotopic (exact) mass is 381 g/mol. The molecule has 140 valence electrons. The molecule has 2 aromatic carbocycles. The average Bonchev–Trinajstić information content (AvgIpc) is 3.47. The maximum atomic E-state index is 5.84. The van der Waals surface area contributed by atoms with Gasteiger partial charge in [-0.1, -0.05) is 30.0 Å². The number of rotatable bonds is 9. The van der Waals surface area contributed by atoms with E-state index in [1.165, 1.54) is 12.8 Å². The van der Waals surface area contributed by atoms with Crippen LogP contribution in [0.2, 0.25) is 0 Å². The van der Waals surface area contributed by atoms with Crippen molar-refractivity contribution in [3.8, 4) is 17.2 Å². The molecule has 5 nitrogen and oxygen atoms in total. The molecule has 0 unspecified atom stereocenters. The molecule has 0 atom stereocenters. The van der Waals surface area contributed by atoms with Gasteiger partial charge >= 0.3 is 0 Å². The summed E-state index contributed by atoms with van der Waals surface area (Å²) in [5.41, 5.74) is 1.12. The lowest BCUT2D eigenvalue weighted by Gasteiger charge is -2.10. The first-order valence-electron chi connectivity index (χ1n) is 9.34. The topological polar surface area (TPSA) is 49.2 Å². The van der Waals surface area contributed by atoms with Crippen LogP contribution in [-0.4, -0.2) is 33.7 Å². The Bertz CT molecular complexity index is 861. The van der Waals surface area contributed by atoms with Gasteiger partial charge in [-0.25, -0.2) is 0 Å². The number of ether oxygens (including phenoxy) is 2. The van der Waals surface area contributed by atoms with Crippen molar-refractivity contribution in [3.63, 3.8) is 0 Å². The van der Waals surface area contributed by atoms with Crippen molar-refractivity contribution in [2.24, 2.45) is 0 Å². The summed E-state index contributed by atoms with van der Waals surface area (Å²) in [5.74, 6) is 4.15. The van der Waals surface area contributed by atoms with Crippen LogP contribution in [0.15, 0.2) is 59.8 Å². The first kappa shape index (κ1) is 17.9. The van der Waals surface area contributed by atoms with Crippen LogP contribution in [0, 0.1) is 0 Å². The zero-order valence-electron chi connectivity index (χ0n) is 15.4. The second-order valence-electron chi connectivity index (χ2n) is 6.39. The van der Waals surface area contributed by atoms with E-state index in [9.17, 15) is 0 Å². The summed E-state index contributed by atoms with van der Waals surface area (Å²) in [6, 6.07) is 18.1. The summed E-state index contributed by atoms with van der Waals surface area (Å²) in [4.78, 5) is 0. The molecule has 1 heterocycles. The Morgan fingerprint density at radius 1 is 0.963 bits per heavy atom. The van der Waals surface area contributed by atoms with Crippen molar-refractivity contribution in [1.29, 1.82) is 0 Å². The van der Waals surface area contributed by atoms with Gasteiger partial charge in [-0.05, 0) is 56.2 Å². The molecular weight excluding hydrogens is 358 g/mol. The fourth-order valence-electron chi connectivity index (χ4n) is 2.89. The number of thioether (sulfide) groups is 1. The maximum Gasteiger partial charge on any atom is 0.195 e. The van der Waals surface area contributed by atoms with Crippen molar-refractivity contribution >= 4 is 11.8 Å². The maximum absolute atomic E-state index is 5.84. The van der Waals surface area contributed by atoms with E-state index >= 15 is 0 Å². The molecule has 1 aromatic heterocycles. The van der Waals surface area contributed by atoms with Crippen molar-refractivity contribution in [2.45, 2.75) is 30.8 Å². The first-order chi connectivity index (χ1) is 13.3. The van der Waals surface area contributed by atoms with Crippen molar-refractivity contribution < 1.29 is 9.47 Å². The van der Waals surface area contributed by atoms with Crippen LogP contribution in [0.5, 0.6) is 11.5 Å². The van der Waals surface area contributed by atoms with Crippen LogP contribution >= 0.6 is 11.8 Å². The van der Waals surface area contributed by atoms with Crippen LogP contribution in [-0.2, 0) is 0 Å². The lowest BCUT2D eigenvalue weighted by atomic mass is 10.3. The molecule has 1 aliphatic carbocycles. The molecule has 6 heteroatoms. The molecule has 0 radical (unpaired) electrons. The highest BCUT2D eigenvalue weighted by Gasteiger charge is 2.30. The van der Waals surface area contributed by atoms with E-state index in [0.29, 0.717) is 19.1 Å². The summed E-state index contributed by atoms with van der Waals surface area (Å²) in [6.07, 6.45) is 2.41. The summed E-state index contributed by atoms with van der Waals surface area (Å²) in [7, 11) is 0. The van der Waals surface area contributed by atoms with E-state index in [0.717, 1.165) is 33.9 Å². The van der Waals surface area contributed by atoms with Crippen LogP contribution < -0.4 is 9.47 Å². The molecule has 27 heavy (non-hydrogen) atoms. The lowest BCUT2D eigenvalue weighted by Crippen LogP contribution is -2.04. The van der Waals surface area contributed by atoms with Gasteiger partial charge in [-0.15, -0.1) is 10.2 Å². The lowest BCUT2D eigenvalue weighted by molar-refractivity contribution is 0.332. The second-order valence-corrected chi connectivity index (χ2v) is 7.45. The number of para-hydroxylation sites is 1. The predicted molar refractivity (Wildman–Crippen MR) is 107 cm³/mol. The van der Waals surface area contributed by atoms with Crippen LogP contribution in [0.4, 0.5) is 0 Å². The Balaban J connectivity index is 1.37. The molecule has 0 N–H and O–H groups in total. The van der Waals surface area contributed by atoms with Gasteiger partial charge in [0, 0.05) is 17.4 Å². The number of aromatic nitrogens is 3. The minimum Gasteiger partial charge on any atom is -0.494 e. The molecule has 0 saturated heterocycles. The summed E-state index contributed by atoms with van der Waals surface area (Å²) < 4.78 is 13.5. The van der Waals surface area contributed by atoms with Gasteiger partial charge in [0.15, 0.2) is 5.16 Å². The fourth-order valence-corrected chi connectivity index (χ4v) is 3.67. The first-order valence-corrected chi connectivity index (χ1v) is 10.3. The molecule has 1 saturated carbocycles. The Kier molecular flexibility index (Phi) is 5.63. The van der Waals surface area contributed by atoms with E-state index in [4.69, 9.17) is 9.47 Å². The van der Waals surface area contributed by atoms with Crippen LogP contribution in [0.3, 0.4) is 0 Å². The molecule has 0 bridgehead atoms. The molecule has 0 amide bonds. The van der Waals surface area contributed by atoms with E-state index in [2.05, 4.69) is 39.0 Å². The molecule has 0 spiro atoms. The summed E-state index contributed by atoms with van der Waals surface area (Å²) in [6.45, 7) is 3.26. The Morgan fingerprint density at radius 2 is 1.67 bits per heavy atom. The zero-order valence-corrected chi connectivity index (χ0v) is 16.2. The van der Waals surface area contributed by atoms with E-state index in [-0.39, 0.29) is 0 Å². The predicted octanol–water partition coefficient (Wildman–Crippen LogP) is 4.71. The van der Waals surface area contributed by atoms with Crippen LogP contribution in [0.25, 0.3) is 5.69 Å². The Hall–Kier alpha value is -2.47. The Morgan fingerprint density at radius 3 is 2.33 bits per heavy atom. The third-order valence-corrected chi connectivity index (χ3v) is 5.23.